The molecule has 0 aromatic heterocycles. The third kappa shape index (κ3) is 2.78. The minimum absolute atomic E-state index is 0.00176. The van der Waals surface area contributed by atoms with Gasteiger partial charge in [0.15, 0.2) is 0 Å². The molecular weight excluding hydrogens is 313 g/mol. The Morgan fingerprint density at radius 2 is 2.14 bits per heavy atom. The summed E-state index contributed by atoms with van der Waals surface area (Å²) in [7, 11) is 0. The van der Waals surface area contributed by atoms with Crippen molar-refractivity contribution < 1.29 is 14.3 Å². The summed E-state index contributed by atoms with van der Waals surface area (Å²) in [5.41, 5.74) is 0.178. The van der Waals surface area contributed by atoms with E-state index in [4.69, 9.17) is 32.7 Å². The summed E-state index contributed by atoms with van der Waals surface area (Å²) < 4.78 is 11.5. The van der Waals surface area contributed by atoms with Crippen LogP contribution < -0.4 is 0 Å². The minimum Gasteiger partial charge on any atom is -0.375 e. The van der Waals surface area contributed by atoms with Gasteiger partial charge in [-0.25, -0.2) is 0 Å². The van der Waals surface area contributed by atoms with Crippen LogP contribution in [0.2, 0.25) is 10.0 Å². The number of amides is 1. The molecule has 2 aliphatic heterocycles. The summed E-state index contributed by atoms with van der Waals surface area (Å²) in [4.78, 5) is 14.5. The van der Waals surface area contributed by atoms with Crippen molar-refractivity contribution in [3.05, 3.63) is 33.8 Å². The second kappa shape index (κ2) is 5.76. The Bertz CT molecular complexity index is 566. The van der Waals surface area contributed by atoms with E-state index in [-0.39, 0.29) is 17.6 Å². The molecule has 3 rings (SSSR count). The summed E-state index contributed by atoms with van der Waals surface area (Å²) in [5, 5.41) is 0.840. The van der Waals surface area contributed by atoms with E-state index in [0.717, 1.165) is 6.42 Å². The van der Waals surface area contributed by atoms with Crippen molar-refractivity contribution in [1.29, 1.82) is 0 Å². The normalized spacial score (nSPS) is 29.1. The van der Waals surface area contributed by atoms with E-state index in [1.165, 1.54) is 0 Å². The van der Waals surface area contributed by atoms with E-state index in [1.54, 1.807) is 18.2 Å². The highest BCUT2D eigenvalue weighted by Gasteiger charge is 2.47. The van der Waals surface area contributed by atoms with E-state index in [2.05, 4.69) is 0 Å². The van der Waals surface area contributed by atoms with Crippen molar-refractivity contribution in [3.63, 3.8) is 0 Å². The van der Waals surface area contributed by atoms with E-state index in [9.17, 15) is 4.79 Å². The molecule has 21 heavy (non-hydrogen) atoms. The highest BCUT2D eigenvalue weighted by Crippen LogP contribution is 2.33. The van der Waals surface area contributed by atoms with Crippen LogP contribution in [0.3, 0.4) is 0 Å². The number of hydrogen-bond donors (Lipinski definition) is 0. The first-order valence-corrected chi connectivity index (χ1v) is 7.77. The molecule has 0 unspecified atom stereocenters. The second-order valence-corrected chi connectivity index (χ2v) is 6.35. The molecule has 6 heteroatoms. The van der Waals surface area contributed by atoms with Crippen molar-refractivity contribution in [1.82, 2.24) is 4.90 Å². The van der Waals surface area contributed by atoms with Crippen molar-refractivity contribution in [2.45, 2.75) is 25.0 Å². The lowest BCUT2D eigenvalue weighted by Gasteiger charge is -2.42. The molecule has 0 radical (unpaired) electrons. The minimum atomic E-state index is -0.371. The average molecular weight is 330 g/mol. The van der Waals surface area contributed by atoms with Crippen LogP contribution in [0.15, 0.2) is 18.2 Å². The molecule has 2 atom stereocenters. The fraction of sp³-hybridized carbons (Fsp3) is 0.533. The molecule has 2 aliphatic rings. The SMILES string of the molecule is C[C@@H]1OCC[C@@]12CN(C(=O)c1ccc(Cl)c(Cl)c1)CCO2. The molecule has 2 fully saturated rings. The molecule has 1 amide bonds. The maximum absolute atomic E-state index is 12.6. The van der Waals surface area contributed by atoms with Gasteiger partial charge in [-0.15, -0.1) is 0 Å². The van der Waals surface area contributed by atoms with Crippen LogP contribution in [0.1, 0.15) is 23.7 Å². The number of hydrogen-bond acceptors (Lipinski definition) is 3. The Morgan fingerprint density at radius 3 is 2.81 bits per heavy atom. The Labute approximate surface area is 133 Å². The van der Waals surface area contributed by atoms with Crippen LogP contribution in [0.25, 0.3) is 0 Å². The fourth-order valence-electron chi connectivity index (χ4n) is 2.95. The number of rotatable bonds is 1. The first-order chi connectivity index (χ1) is 10.0. The first-order valence-electron chi connectivity index (χ1n) is 7.02. The van der Waals surface area contributed by atoms with E-state index in [0.29, 0.717) is 41.9 Å². The van der Waals surface area contributed by atoms with Crippen LogP contribution in [0.5, 0.6) is 0 Å². The number of halogens is 2. The van der Waals surface area contributed by atoms with Crippen LogP contribution in [0.4, 0.5) is 0 Å². The summed E-state index contributed by atoms with van der Waals surface area (Å²) in [5.74, 6) is -0.0460. The second-order valence-electron chi connectivity index (χ2n) is 5.53. The molecule has 0 aliphatic carbocycles. The Hall–Kier alpha value is -0.810. The largest absolute Gasteiger partial charge is 0.375 e. The highest BCUT2D eigenvalue weighted by molar-refractivity contribution is 6.42. The number of carbonyl (C=O) groups is 1. The number of benzene rings is 1. The van der Waals surface area contributed by atoms with Gasteiger partial charge in [-0.1, -0.05) is 23.2 Å². The molecule has 0 N–H and O–H groups in total. The van der Waals surface area contributed by atoms with Gasteiger partial charge in [-0.2, -0.15) is 0 Å². The lowest BCUT2D eigenvalue weighted by molar-refractivity contribution is -0.126. The molecule has 114 valence electrons. The quantitative estimate of drug-likeness (QED) is 0.795. The van der Waals surface area contributed by atoms with Gasteiger partial charge in [0.25, 0.3) is 5.91 Å². The average Bonchev–Trinajstić information content (AvgIpc) is 2.82. The molecule has 0 saturated carbocycles. The third-order valence-corrected chi connectivity index (χ3v) is 5.04. The Kier molecular flexibility index (Phi) is 4.14. The zero-order valence-corrected chi connectivity index (χ0v) is 13.3. The smallest absolute Gasteiger partial charge is 0.254 e. The van der Waals surface area contributed by atoms with E-state index >= 15 is 0 Å². The Balaban J connectivity index is 1.79. The predicted octanol–water partition coefficient (Wildman–Crippen LogP) is 3.01. The van der Waals surface area contributed by atoms with Crippen molar-refractivity contribution in [2.24, 2.45) is 0 Å². The summed E-state index contributed by atoms with van der Waals surface area (Å²) >= 11 is 11.9. The van der Waals surface area contributed by atoms with E-state index in [1.807, 2.05) is 11.8 Å². The lowest BCUT2D eigenvalue weighted by atomic mass is 9.94. The van der Waals surface area contributed by atoms with Crippen LogP contribution >= 0.6 is 23.2 Å². The molecule has 1 spiro atoms. The van der Waals surface area contributed by atoms with Gasteiger partial charge >= 0.3 is 0 Å². The zero-order valence-electron chi connectivity index (χ0n) is 11.8. The van der Waals surface area contributed by atoms with E-state index < -0.39 is 0 Å². The van der Waals surface area contributed by atoms with Gasteiger partial charge in [-0.3, -0.25) is 4.79 Å². The summed E-state index contributed by atoms with van der Waals surface area (Å²) in [6, 6.07) is 4.96. The molecule has 1 aromatic carbocycles. The van der Waals surface area contributed by atoms with Gasteiger partial charge < -0.3 is 14.4 Å². The van der Waals surface area contributed by atoms with Gasteiger partial charge in [0.2, 0.25) is 0 Å². The van der Waals surface area contributed by atoms with Gasteiger partial charge in [0.05, 0.1) is 29.3 Å². The molecule has 1 aromatic rings. The zero-order chi connectivity index (χ0) is 15.0. The van der Waals surface area contributed by atoms with Gasteiger partial charge in [-0.05, 0) is 25.1 Å². The topological polar surface area (TPSA) is 38.8 Å². The number of morpholine rings is 1. The monoisotopic (exact) mass is 329 g/mol. The van der Waals surface area contributed by atoms with Crippen molar-refractivity contribution >= 4 is 29.1 Å². The maximum atomic E-state index is 12.6. The predicted molar refractivity (Wildman–Crippen MR) is 81.1 cm³/mol. The highest BCUT2D eigenvalue weighted by atomic mass is 35.5. The number of carbonyl (C=O) groups excluding carboxylic acids is 1. The molecule has 0 bridgehead atoms. The molecule has 4 nitrogen and oxygen atoms in total. The van der Waals surface area contributed by atoms with Crippen LogP contribution in [-0.2, 0) is 9.47 Å². The molecule has 2 heterocycles. The maximum Gasteiger partial charge on any atom is 0.254 e. The van der Waals surface area contributed by atoms with Gasteiger partial charge in [0.1, 0.15) is 5.60 Å². The van der Waals surface area contributed by atoms with Crippen LogP contribution in [0, 0.1) is 0 Å². The first kappa shape index (κ1) is 15.1. The molecular formula is C15H17Cl2NO3. The summed E-state index contributed by atoms with van der Waals surface area (Å²) in [6.07, 6.45) is 0.821. The van der Waals surface area contributed by atoms with Crippen molar-refractivity contribution in [3.8, 4) is 0 Å². The Morgan fingerprint density at radius 1 is 1.33 bits per heavy atom. The lowest BCUT2D eigenvalue weighted by Crippen LogP contribution is -2.56. The summed E-state index contributed by atoms with van der Waals surface area (Å²) in [6.45, 7) is 4.33. The third-order valence-electron chi connectivity index (χ3n) is 4.30. The molecule has 2 saturated heterocycles. The van der Waals surface area contributed by atoms with Crippen LogP contribution in [-0.4, -0.2) is 48.8 Å². The van der Waals surface area contributed by atoms with Gasteiger partial charge in [0, 0.05) is 25.1 Å². The van der Waals surface area contributed by atoms with Crippen molar-refractivity contribution in [2.75, 3.05) is 26.3 Å². The fourth-order valence-corrected chi connectivity index (χ4v) is 3.25. The standard InChI is InChI=1S/C15H17Cl2NO3/c1-10-15(4-6-20-10)9-18(5-7-21-15)14(19)11-2-3-12(16)13(17)8-11/h2-3,8,10H,4-7,9H2,1H3/t10-,15+/m0/s1. The number of ether oxygens (including phenoxy) is 2. The number of nitrogens with zero attached hydrogens (tertiary/aromatic N) is 1.